The van der Waals surface area contributed by atoms with E-state index in [1.165, 1.54) is 12.1 Å². The standard InChI is InChI=1S/C17H15F2NO/c1-2-21-17-5-3-4-16-14(17)8-9-20(16)11-12-6-7-13(18)10-15(12)19/h3-10H,2,11H2,1H3. The lowest BCUT2D eigenvalue weighted by atomic mass is 10.2. The van der Waals surface area contributed by atoms with Crippen LogP contribution in [-0.2, 0) is 6.54 Å². The molecule has 0 radical (unpaired) electrons. The molecule has 0 bridgehead atoms. The molecule has 0 amide bonds. The predicted octanol–water partition coefficient (Wildman–Crippen LogP) is 4.37. The van der Waals surface area contributed by atoms with Gasteiger partial charge in [0, 0.05) is 23.2 Å². The first-order valence-corrected chi connectivity index (χ1v) is 6.83. The van der Waals surface area contributed by atoms with Crippen molar-refractivity contribution >= 4 is 10.9 Å². The molecule has 0 saturated heterocycles. The molecule has 108 valence electrons. The van der Waals surface area contributed by atoms with Gasteiger partial charge in [0.05, 0.1) is 18.7 Å². The van der Waals surface area contributed by atoms with Crippen LogP contribution in [0.1, 0.15) is 12.5 Å². The van der Waals surface area contributed by atoms with Gasteiger partial charge < -0.3 is 9.30 Å². The molecule has 1 heterocycles. The first-order valence-electron chi connectivity index (χ1n) is 6.83. The summed E-state index contributed by atoms with van der Waals surface area (Å²) in [5.74, 6) is -0.279. The maximum Gasteiger partial charge on any atom is 0.131 e. The number of halogens is 2. The third-order valence-corrected chi connectivity index (χ3v) is 3.43. The van der Waals surface area contributed by atoms with E-state index in [1.54, 1.807) is 0 Å². The topological polar surface area (TPSA) is 14.2 Å². The summed E-state index contributed by atoms with van der Waals surface area (Å²) < 4.78 is 34.2. The largest absolute Gasteiger partial charge is 0.493 e. The van der Waals surface area contributed by atoms with Crippen LogP contribution >= 0.6 is 0 Å². The minimum absolute atomic E-state index is 0.352. The minimum atomic E-state index is -0.563. The Morgan fingerprint density at radius 1 is 1.10 bits per heavy atom. The van der Waals surface area contributed by atoms with Gasteiger partial charge in [-0.15, -0.1) is 0 Å². The van der Waals surface area contributed by atoms with Gasteiger partial charge in [-0.25, -0.2) is 8.78 Å². The molecule has 4 heteroatoms. The number of aromatic nitrogens is 1. The van der Waals surface area contributed by atoms with Crippen molar-refractivity contribution in [3.63, 3.8) is 0 Å². The summed E-state index contributed by atoms with van der Waals surface area (Å²) in [4.78, 5) is 0. The highest BCUT2D eigenvalue weighted by atomic mass is 19.1. The normalized spacial score (nSPS) is 11.0. The molecule has 1 aromatic heterocycles. The van der Waals surface area contributed by atoms with E-state index < -0.39 is 11.6 Å². The highest BCUT2D eigenvalue weighted by molar-refractivity contribution is 5.86. The number of fused-ring (bicyclic) bond motifs is 1. The van der Waals surface area contributed by atoms with Crippen molar-refractivity contribution in [2.24, 2.45) is 0 Å². The lowest BCUT2D eigenvalue weighted by molar-refractivity contribution is 0.344. The molecular formula is C17H15F2NO. The van der Waals surface area contributed by atoms with Crippen LogP contribution in [0.5, 0.6) is 5.75 Å². The van der Waals surface area contributed by atoms with Crippen LogP contribution in [0.15, 0.2) is 48.7 Å². The second kappa shape index (κ2) is 5.56. The Balaban J connectivity index is 1.99. The van der Waals surface area contributed by atoms with Gasteiger partial charge in [-0.1, -0.05) is 12.1 Å². The van der Waals surface area contributed by atoms with E-state index in [2.05, 4.69) is 0 Å². The summed E-state index contributed by atoms with van der Waals surface area (Å²) >= 11 is 0. The molecule has 0 unspecified atom stereocenters. The SMILES string of the molecule is CCOc1cccc2c1ccn2Cc1ccc(F)cc1F. The van der Waals surface area contributed by atoms with E-state index in [9.17, 15) is 8.78 Å². The van der Waals surface area contributed by atoms with Crippen molar-refractivity contribution in [3.8, 4) is 5.75 Å². The quantitative estimate of drug-likeness (QED) is 0.695. The van der Waals surface area contributed by atoms with Crippen LogP contribution in [0.4, 0.5) is 8.78 Å². The minimum Gasteiger partial charge on any atom is -0.493 e. The molecular weight excluding hydrogens is 272 g/mol. The van der Waals surface area contributed by atoms with E-state index in [0.29, 0.717) is 18.7 Å². The first kappa shape index (κ1) is 13.6. The fourth-order valence-corrected chi connectivity index (χ4v) is 2.45. The monoisotopic (exact) mass is 287 g/mol. The number of hydrogen-bond donors (Lipinski definition) is 0. The van der Waals surface area contributed by atoms with Crippen molar-refractivity contribution in [1.29, 1.82) is 0 Å². The number of benzene rings is 2. The summed E-state index contributed by atoms with van der Waals surface area (Å²) in [6.45, 7) is 2.88. The van der Waals surface area contributed by atoms with Gasteiger partial charge in [-0.05, 0) is 31.2 Å². The number of rotatable bonds is 4. The lowest BCUT2D eigenvalue weighted by Crippen LogP contribution is -2.01. The number of hydrogen-bond acceptors (Lipinski definition) is 1. The van der Waals surface area contributed by atoms with Gasteiger partial charge in [0.15, 0.2) is 0 Å². The van der Waals surface area contributed by atoms with Crippen LogP contribution in [0.25, 0.3) is 10.9 Å². The Kier molecular flexibility index (Phi) is 3.60. The van der Waals surface area contributed by atoms with E-state index in [1.807, 2.05) is 42.0 Å². The molecule has 0 N–H and O–H groups in total. The average molecular weight is 287 g/mol. The molecule has 21 heavy (non-hydrogen) atoms. The van der Waals surface area contributed by atoms with Crippen LogP contribution in [0.2, 0.25) is 0 Å². The molecule has 0 saturated carbocycles. The van der Waals surface area contributed by atoms with Gasteiger partial charge in [0.2, 0.25) is 0 Å². The summed E-state index contributed by atoms with van der Waals surface area (Å²) in [5.41, 5.74) is 1.42. The Bertz CT molecular complexity index is 780. The lowest BCUT2D eigenvalue weighted by Gasteiger charge is -2.08. The molecule has 0 spiro atoms. The highest BCUT2D eigenvalue weighted by Crippen LogP contribution is 2.27. The summed E-state index contributed by atoms with van der Waals surface area (Å²) in [6, 6.07) is 11.4. The van der Waals surface area contributed by atoms with Crippen LogP contribution in [0.3, 0.4) is 0 Å². The third kappa shape index (κ3) is 2.61. The van der Waals surface area contributed by atoms with Crippen LogP contribution < -0.4 is 4.74 Å². The van der Waals surface area contributed by atoms with Crippen molar-refractivity contribution in [1.82, 2.24) is 4.57 Å². The second-order valence-electron chi connectivity index (χ2n) is 4.80. The third-order valence-electron chi connectivity index (χ3n) is 3.43. The zero-order valence-electron chi connectivity index (χ0n) is 11.6. The predicted molar refractivity (Wildman–Crippen MR) is 78.6 cm³/mol. The maximum absolute atomic E-state index is 13.8. The molecule has 3 aromatic rings. The van der Waals surface area contributed by atoms with E-state index >= 15 is 0 Å². The summed E-state index contributed by atoms with van der Waals surface area (Å²) in [6.07, 6.45) is 1.88. The maximum atomic E-state index is 13.8. The molecule has 2 nitrogen and oxygen atoms in total. The van der Waals surface area contributed by atoms with Crippen LogP contribution in [-0.4, -0.2) is 11.2 Å². The Morgan fingerprint density at radius 3 is 2.71 bits per heavy atom. The molecule has 3 rings (SSSR count). The van der Waals surface area contributed by atoms with E-state index in [0.717, 1.165) is 22.7 Å². The molecule has 2 aromatic carbocycles. The smallest absolute Gasteiger partial charge is 0.131 e. The van der Waals surface area contributed by atoms with Crippen molar-refractivity contribution < 1.29 is 13.5 Å². The van der Waals surface area contributed by atoms with E-state index in [4.69, 9.17) is 4.74 Å². The Morgan fingerprint density at radius 2 is 1.95 bits per heavy atom. The molecule has 0 atom stereocenters. The molecule has 0 fully saturated rings. The van der Waals surface area contributed by atoms with Crippen molar-refractivity contribution in [2.45, 2.75) is 13.5 Å². The molecule has 0 aliphatic rings. The average Bonchev–Trinajstić information content (AvgIpc) is 2.87. The van der Waals surface area contributed by atoms with E-state index in [-0.39, 0.29) is 0 Å². The van der Waals surface area contributed by atoms with Crippen molar-refractivity contribution in [2.75, 3.05) is 6.61 Å². The highest BCUT2D eigenvalue weighted by Gasteiger charge is 2.09. The van der Waals surface area contributed by atoms with Gasteiger partial charge in [-0.2, -0.15) is 0 Å². The number of ether oxygens (including phenoxy) is 1. The van der Waals surface area contributed by atoms with Gasteiger partial charge in [0.25, 0.3) is 0 Å². The fraction of sp³-hybridized carbons (Fsp3) is 0.176. The molecule has 0 aliphatic carbocycles. The van der Waals surface area contributed by atoms with Gasteiger partial charge in [0.1, 0.15) is 17.4 Å². The summed E-state index contributed by atoms with van der Waals surface area (Å²) in [5, 5.41) is 0.988. The Hall–Kier alpha value is -2.36. The van der Waals surface area contributed by atoms with Gasteiger partial charge in [-0.3, -0.25) is 0 Å². The molecule has 0 aliphatic heterocycles. The van der Waals surface area contributed by atoms with Crippen LogP contribution in [0, 0.1) is 11.6 Å². The first-order chi connectivity index (χ1) is 10.2. The zero-order valence-corrected chi connectivity index (χ0v) is 11.6. The zero-order chi connectivity index (χ0) is 14.8. The second-order valence-corrected chi connectivity index (χ2v) is 4.80. The Labute approximate surface area is 121 Å². The number of nitrogens with zero attached hydrogens (tertiary/aromatic N) is 1. The van der Waals surface area contributed by atoms with Gasteiger partial charge >= 0.3 is 0 Å². The fourth-order valence-electron chi connectivity index (χ4n) is 2.45. The summed E-state index contributed by atoms with van der Waals surface area (Å²) in [7, 11) is 0. The van der Waals surface area contributed by atoms with Crippen molar-refractivity contribution in [3.05, 3.63) is 65.9 Å².